The summed E-state index contributed by atoms with van der Waals surface area (Å²) in [6, 6.07) is 9.95. The van der Waals surface area contributed by atoms with Gasteiger partial charge in [0.15, 0.2) is 6.61 Å². The van der Waals surface area contributed by atoms with Crippen LogP contribution in [0.25, 0.3) is 0 Å². The molecule has 1 heterocycles. The third-order valence-electron chi connectivity index (χ3n) is 4.45. The number of aryl methyl sites for hydroxylation is 1. The smallest absolute Gasteiger partial charge is 0.265 e. The second-order valence-corrected chi connectivity index (χ2v) is 8.41. The molecule has 140 valence electrons. The van der Waals surface area contributed by atoms with Crippen molar-refractivity contribution in [1.82, 2.24) is 0 Å². The Hall–Kier alpha value is -2.17. The lowest BCUT2D eigenvalue weighted by molar-refractivity contribution is -0.120. The van der Waals surface area contributed by atoms with Crippen LogP contribution in [0.4, 0.5) is 5.00 Å². The number of carbonyl (C=O) groups is 1. The summed E-state index contributed by atoms with van der Waals surface area (Å²) in [6.45, 7) is 1.63. The molecule has 1 N–H and O–H groups in total. The molecule has 5 nitrogen and oxygen atoms in total. The molecule has 0 bridgehead atoms. The van der Waals surface area contributed by atoms with Crippen LogP contribution in [0.2, 0.25) is 0 Å². The van der Waals surface area contributed by atoms with E-state index in [-0.39, 0.29) is 12.5 Å². The van der Waals surface area contributed by atoms with Crippen LogP contribution in [0.1, 0.15) is 47.8 Å². The third kappa shape index (κ3) is 4.96. The van der Waals surface area contributed by atoms with Gasteiger partial charge in [-0.2, -0.15) is 5.26 Å². The van der Waals surface area contributed by atoms with Crippen molar-refractivity contribution in [3.05, 3.63) is 50.3 Å². The van der Waals surface area contributed by atoms with E-state index in [9.17, 15) is 10.1 Å². The first-order chi connectivity index (χ1) is 13.1. The van der Waals surface area contributed by atoms with Crippen molar-refractivity contribution in [3.63, 3.8) is 0 Å². The van der Waals surface area contributed by atoms with E-state index in [0.717, 1.165) is 41.3 Å². The van der Waals surface area contributed by atoms with Gasteiger partial charge >= 0.3 is 0 Å². The number of carbonyl (C=O) groups excluding carboxylic acids is 1. The van der Waals surface area contributed by atoms with Crippen molar-refractivity contribution in [2.75, 3.05) is 11.9 Å². The first kappa shape index (κ1) is 19.6. The van der Waals surface area contributed by atoms with Gasteiger partial charge in [-0.05, 0) is 55.9 Å². The van der Waals surface area contributed by atoms with Crippen LogP contribution in [0, 0.1) is 11.3 Å². The standard InChI is InChI=1S/C20H20BrN3O2S/c1-13(14-7-9-15(21)10-8-14)24-26-12-19(25)23-20-17(11-22)16-5-3-2-4-6-18(16)27-20/h7-10H,2-6,12H2,1H3,(H,23,25)/b24-13-. The van der Waals surface area contributed by atoms with Crippen molar-refractivity contribution >= 4 is 43.9 Å². The Kier molecular flexibility index (Phi) is 6.64. The first-order valence-electron chi connectivity index (χ1n) is 8.85. The van der Waals surface area contributed by atoms with Gasteiger partial charge in [-0.1, -0.05) is 39.6 Å². The highest BCUT2D eigenvalue weighted by molar-refractivity contribution is 9.10. The van der Waals surface area contributed by atoms with Crippen LogP contribution >= 0.6 is 27.3 Å². The number of nitrogens with one attached hydrogen (secondary N) is 1. The highest BCUT2D eigenvalue weighted by atomic mass is 79.9. The maximum atomic E-state index is 12.2. The van der Waals surface area contributed by atoms with Crippen LogP contribution in [0.5, 0.6) is 0 Å². The van der Waals surface area contributed by atoms with Crippen LogP contribution in [-0.4, -0.2) is 18.2 Å². The number of benzene rings is 1. The highest BCUT2D eigenvalue weighted by Gasteiger charge is 2.21. The summed E-state index contributed by atoms with van der Waals surface area (Å²) in [6.07, 6.45) is 5.32. The van der Waals surface area contributed by atoms with Gasteiger partial charge < -0.3 is 10.2 Å². The van der Waals surface area contributed by atoms with Gasteiger partial charge in [-0.25, -0.2) is 0 Å². The molecule has 27 heavy (non-hydrogen) atoms. The Bertz CT molecular complexity index is 897. The highest BCUT2D eigenvalue weighted by Crippen LogP contribution is 2.36. The summed E-state index contributed by atoms with van der Waals surface area (Å²) in [5.74, 6) is -0.310. The fraction of sp³-hybridized carbons (Fsp3) is 0.350. The predicted molar refractivity (Wildman–Crippen MR) is 111 cm³/mol. The number of hydrogen-bond acceptors (Lipinski definition) is 5. The van der Waals surface area contributed by atoms with Crippen LogP contribution < -0.4 is 5.32 Å². The van der Waals surface area contributed by atoms with Crippen molar-refractivity contribution < 1.29 is 9.63 Å². The number of rotatable bonds is 5. The van der Waals surface area contributed by atoms with E-state index in [1.807, 2.05) is 31.2 Å². The number of hydrogen-bond donors (Lipinski definition) is 1. The fourth-order valence-electron chi connectivity index (χ4n) is 3.04. The predicted octanol–water partition coefficient (Wildman–Crippen LogP) is 5.03. The van der Waals surface area contributed by atoms with Crippen molar-refractivity contribution in [1.29, 1.82) is 5.26 Å². The van der Waals surface area contributed by atoms with Crippen LogP contribution in [-0.2, 0) is 22.5 Å². The average Bonchev–Trinajstić information content (AvgIpc) is 2.81. The summed E-state index contributed by atoms with van der Waals surface area (Å²) in [5.41, 5.74) is 3.34. The van der Waals surface area contributed by atoms with E-state index < -0.39 is 0 Å². The number of thiophene rings is 1. The minimum absolute atomic E-state index is 0.193. The molecule has 0 unspecified atom stereocenters. The molecule has 0 radical (unpaired) electrons. The van der Waals surface area contributed by atoms with E-state index >= 15 is 0 Å². The molecule has 1 amide bonds. The van der Waals surface area contributed by atoms with E-state index in [1.165, 1.54) is 22.6 Å². The summed E-state index contributed by atoms with van der Waals surface area (Å²) in [7, 11) is 0. The summed E-state index contributed by atoms with van der Waals surface area (Å²) in [4.78, 5) is 18.6. The third-order valence-corrected chi connectivity index (χ3v) is 6.18. The minimum atomic E-state index is -0.310. The summed E-state index contributed by atoms with van der Waals surface area (Å²) >= 11 is 4.90. The largest absolute Gasteiger partial charge is 0.385 e. The number of fused-ring (bicyclic) bond motifs is 1. The first-order valence-corrected chi connectivity index (χ1v) is 10.5. The molecular weight excluding hydrogens is 426 g/mol. The minimum Gasteiger partial charge on any atom is -0.385 e. The van der Waals surface area contributed by atoms with E-state index in [0.29, 0.717) is 16.3 Å². The topological polar surface area (TPSA) is 74.5 Å². The Labute approximate surface area is 171 Å². The monoisotopic (exact) mass is 445 g/mol. The number of amides is 1. The Morgan fingerprint density at radius 2 is 2.04 bits per heavy atom. The van der Waals surface area contributed by atoms with Gasteiger partial charge in [0.2, 0.25) is 0 Å². The molecule has 0 aliphatic heterocycles. The molecule has 0 atom stereocenters. The fourth-order valence-corrected chi connectivity index (χ4v) is 4.56. The molecule has 0 spiro atoms. The van der Waals surface area contributed by atoms with Gasteiger partial charge in [-0.3, -0.25) is 4.79 Å². The van der Waals surface area contributed by atoms with Crippen LogP contribution in [0.3, 0.4) is 0 Å². The van der Waals surface area contributed by atoms with Gasteiger partial charge in [-0.15, -0.1) is 11.3 Å². The lowest BCUT2D eigenvalue weighted by Gasteiger charge is -2.04. The Morgan fingerprint density at radius 3 is 2.78 bits per heavy atom. The number of nitrogens with zero attached hydrogens (tertiary/aromatic N) is 2. The van der Waals surface area contributed by atoms with Gasteiger partial charge in [0.1, 0.15) is 11.1 Å². The molecule has 0 saturated heterocycles. The van der Waals surface area contributed by atoms with Crippen molar-refractivity contribution in [2.24, 2.45) is 5.16 Å². The SMILES string of the molecule is C/C(=N/OCC(=O)Nc1sc2c(c1C#N)CCCCC2)c1ccc(Br)cc1. The van der Waals surface area contributed by atoms with E-state index in [4.69, 9.17) is 4.84 Å². The van der Waals surface area contributed by atoms with E-state index in [2.05, 4.69) is 32.5 Å². The zero-order valence-corrected chi connectivity index (χ0v) is 17.5. The number of oxime groups is 1. The number of anilines is 1. The molecule has 3 rings (SSSR count). The molecule has 1 aromatic carbocycles. The second kappa shape index (κ2) is 9.16. The Morgan fingerprint density at radius 1 is 1.30 bits per heavy atom. The zero-order valence-electron chi connectivity index (χ0n) is 15.0. The van der Waals surface area contributed by atoms with Gasteiger partial charge in [0.25, 0.3) is 5.91 Å². The molecular formula is C20H20BrN3O2S. The maximum Gasteiger partial charge on any atom is 0.265 e. The molecule has 1 aliphatic carbocycles. The molecule has 1 aromatic heterocycles. The molecule has 2 aromatic rings. The molecule has 0 saturated carbocycles. The molecule has 1 aliphatic rings. The Balaban J connectivity index is 1.60. The van der Waals surface area contributed by atoms with Gasteiger partial charge in [0, 0.05) is 9.35 Å². The number of halogens is 1. The van der Waals surface area contributed by atoms with E-state index in [1.54, 1.807) is 0 Å². The number of nitriles is 1. The normalized spacial score (nSPS) is 14.0. The van der Waals surface area contributed by atoms with Crippen molar-refractivity contribution in [2.45, 2.75) is 39.0 Å². The quantitative estimate of drug-likeness (QED) is 0.398. The van der Waals surface area contributed by atoms with Crippen LogP contribution in [0.15, 0.2) is 33.9 Å². The maximum absolute atomic E-state index is 12.2. The second-order valence-electron chi connectivity index (χ2n) is 6.39. The van der Waals surface area contributed by atoms with Crippen molar-refractivity contribution in [3.8, 4) is 6.07 Å². The molecule has 7 heteroatoms. The van der Waals surface area contributed by atoms with Gasteiger partial charge in [0.05, 0.1) is 11.3 Å². The lowest BCUT2D eigenvalue weighted by atomic mass is 10.1. The summed E-state index contributed by atoms with van der Waals surface area (Å²) in [5, 5.41) is 17.0. The average molecular weight is 446 g/mol. The summed E-state index contributed by atoms with van der Waals surface area (Å²) < 4.78 is 0.988. The molecule has 0 fully saturated rings. The lowest BCUT2D eigenvalue weighted by Crippen LogP contribution is -2.17. The zero-order chi connectivity index (χ0) is 19.2.